The van der Waals surface area contributed by atoms with Gasteiger partial charge in [0.25, 0.3) is 0 Å². The summed E-state index contributed by atoms with van der Waals surface area (Å²) in [6.45, 7) is 6.75. The highest BCUT2D eigenvalue weighted by atomic mass is 16.3. The van der Waals surface area contributed by atoms with Crippen LogP contribution >= 0.6 is 0 Å². The molecule has 7 atom stereocenters. The molecular formula is C24H44N2O2. The van der Waals surface area contributed by atoms with E-state index in [2.05, 4.69) is 32.3 Å². The van der Waals surface area contributed by atoms with E-state index < -0.39 is 0 Å². The molecular weight excluding hydrogens is 348 g/mol. The number of nitrogens with two attached hydrogens (primary N) is 1. The third-order valence-corrected chi connectivity index (χ3v) is 8.52. The molecule has 7 unspecified atom stereocenters. The largest absolute Gasteiger partial charge is 0.393 e. The molecule has 0 spiro atoms. The second-order valence-corrected chi connectivity index (χ2v) is 10.5. The highest BCUT2D eigenvalue weighted by Crippen LogP contribution is 2.54. The predicted octanol–water partition coefficient (Wildman–Crippen LogP) is 3.47. The van der Waals surface area contributed by atoms with Crippen molar-refractivity contribution in [3.05, 3.63) is 11.6 Å². The highest BCUT2D eigenvalue weighted by Gasteiger charge is 2.47. The van der Waals surface area contributed by atoms with Crippen LogP contribution in [-0.2, 0) is 0 Å². The Hall–Kier alpha value is -0.420. The monoisotopic (exact) mass is 392 g/mol. The van der Waals surface area contributed by atoms with E-state index in [0.717, 1.165) is 51.6 Å². The first-order chi connectivity index (χ1) is 13.4. The number of rotatable bonds is 6. The summed E-state index contributed by atoms with van der Waals surface area (Å²) < 4.78 is 0. The molecule has 3 aliphatic carbocycles. The van der Waals surface area contributed by atoms with Crippen LogP contribution in [0.3, 0.4) is 0 Å². The molecule has 5 N–H and O–H groups in total. The molecule has 4 heteroatoms. The molecule has 0 heterocycles. The smallest absolute Gasteiger partial charge is 0.0577 e. The SMILES string of the molecule is CNCC1CCC(CN)CC1C1CC(O)CCC1C(C)(C)C1=CCC(O)CC1. The highest BCUT2D eigenvalue weighted by molar-refractivity contribution is 5.18. The molecule has 0 aromatic heterocycles. The zero-order chi connectivity index (χ0) is 20.3. The van der Waals surface area contributed by atoms with Crippen molar-refractivity contribution in [3.8, 4) is 0 Å². The Balaban J connectivity index is 1.86. The van der Waals surface area contributed by atoms with Crippen molar-refractivity contribution in [1.82, 2.24) is 5.32 Å². The Kier molecular flexibility index (Phi) is 7.63. The average Bonchev–Trinajstić information content (AvgIpc) is 2.68. The standard InChI is InChI=1S/C24H44N2O2/c1-24(2,18-6-8-19(27)9-7-18)23-11-10-20(28)13-22(23)21-12-16(14-25)4-5-17(21)15-26-3/h6,16-17,19-23,26-28H,4-5,7-15,25H2,1-3H3. The van der Waals surface area contributed by atoms with E-state index in [-0.39, 0.29) is 17.6 Å². The number of hydrogen-bond acceptors (Lipinski definition) is 4. The van der Waals surface area contributed by atoms with Crippen molar-refractivity contribution in [2.24, 2.45) is 40.7 Å². The maximum atomic E-state index is 10.6. The Labute approximate surface area is 172 Å². The van der Waals surface area contributed by atoms with Crippen molar-refractivity contribution in [3.63, 3.8) is 0 Å². The molecule has 0 aromatic carbocycles. The predicted molar refractivity (Wildman–Crippen MR) is 116 cm³/mol. The van der Waals surface area contributed by atoms with Gasteiger partial charge in [0.2, 0.25) is 0 Å². The van der Waals surface area contributed by atoms with Crippen LogP contribution in [0.4, 0.5) is 0 Å². The van der Waals surface area contributed by atoms with Gasteiger partial charge in [0, 0.05) is 0 Å². The van der Waals surface area contributed by atoms with Crippen molar-refractivity contribution in [2.75, 3.05) is 20.1 Å². The van der Waals surface area contributed by atoms with E-state index in [0.29, 0.717) is 29.6 Å². The Morgan fingerprint density at radius 3 is 2.46 bits per heavy atom. The van der Waals surface area contributed by atoms with Gasteiger partial charge in [-0.1, -0.05) is 25.5 Å². The van der Waals surface area contributed by atoms with Crippen molar-refractivity contribution in [1.29, 1.82) is 0 Å². The molecule has 2 saturated carbocycles. The van der Waals surface area contributed by atoms with E-state index in [9.17, 15) is 10.2 Å². The summed E-state index contributed by atoms with van der Waals surface area (Å²) in [6.07, 6.45) is 11.5. The molecule has 0 amide bonds. The number of nitrogens with one attached hydrogen (secondary N) is 1. The van der Waals surface area contributed by atoms with Crippen LogP contribution in [0.1, 0.15) is 71.6 Å². The topological polar surface area (TPSA) is 78.5 Å². The summed E-state index contributed by atoms with van der Waals surface area (Å²) in [6, 6.07) is 0. The molecule has 162 valence electrons. The number of hydrogen-bond donors (Lipinski definition) is 4. The van der Waals surface area contributed by atoms with Crippen molar-refractivity contribution in [2.45, 2.75) is 83.8 Å². The fourth-order valence-electron chi connectivity index (χ4n) is 6.81. The van der Waals surface area contributed by atoms with Crippen LogP contribution in [0, 0.1) is 35.0 Å². The molecule has 28 heavy (non-hydrogen) atoms. The van der Waals surface area contributed by atoms with E-state index in [1.54, 1.807) is 5.57 Å². The van der Waals surface area contributed by atoms with Gasteiger partial charge in [-0.15, -0.1) is 0 Å². The lowest BCUT2D eigenvalue weighted by molar-refractivity contribution is -0.0288. The van der Waals surface area contributed by atoms with E-state index in [4.69, 9.17) is 5.73 Å². The minimum Gasteiger partial charge on any atom is -0.393 e. The summed E-state index contributed by atoms with van der Waals surface area (Å²) in [7, 11) is 2.07. The van der Waals surface area contributed by atoms with E-state index >= 15 is 0 Å². The van der Waals surface area contributed by atoms with Crippen LogP contribution < -0.4 is 11.1 Å². The van der Waals surface area contributed by atoms with Crippen molar-refractivity contribution >= 4 is 0 Å². The Morgan fingerprint density at radius 1 is 1.04 bits per heavy atom. The molecule has 0 saturated heterocycles. The van der Waals surface area contributed by atoms with Crippen LogP contribution in [-0.4, -0.2) is 42.6 Å². The molecule has 0 bridgehead atoms. The Morgan fingerprint density at radius 2 is 1.82 bits per heavy atom. The summed E-state index contributed by atoms with van der Waals surface area (Å²) >= 11 is 0. The molecule has 0 aromatic rings. The van der Waals surface area contributed by atoms with Gasteiger partial charge in [0.05, 0.1) is 12.2 Å². The first kappa shape index (κ1) is 22.3. The van der Waals surface area contributed by atoms with Gasteiger partial charge in [-0.25, -0.2) is 0 Å². The zero-order valence-electron chi connectivity index (χ0n) is 18.4. The number of aliphatic hydroxyl groups is 2. The summed E-state index contributed by atoms with van der Waals surface area (Å²) in [4.78, 5) is 0. The van der Waals surface area contributed by atoms with Crippen molar-refractivity contribution < 1.29 is 10.2 Å². The third kappa shape index (κ3) is 4.83. The lowest BCUT2D eigenvalue weighted by Crippen LogP contribution is -2.47. The first-order valence-electron chi connectivity index (χ1n) is 11.8. The van der Waals surface area contributed by atoms with Gasteiger partial charge in [-0.3, -0.25) is 0 Å². The van der Waals surface area contributed by atoms with Crippen LogP contribution in [0.5, 0.6) is 0 Å². The zero-order valence-corrected chi connectivity index (χ0v) is 18.4. The van der Waals surface area contributed by atoms with Crippen LogP contribution in [0.2, 0.25) is 0 Å². The molecule has 2 fully saturated rings. The molecule has 3 aliphatic rings. The maximum Gasteiger partial charge on any atom is 0.0577 e. The summed E-state index contributed by atoms with van der Waals surface area (Å²) in [5.74, 6) is 3.18. The van der Waals surface area contributed by atoms with Gasteiger partial charge < -0.3 is 21.3 Å². The lowest BCUT2D eigenvalue weighted by Gasteiger charge is -2.52. The van der Waals surface area contributed by atoms with Gasteiger partial charge in [-0.05, 0) is 113 Å². The normalized spacial score (nSPS) is 40.2. The molecule has 4 nitrogen and oxygen atoms in total. The van der Waals surface area contributed by atoms with Gasteiger partial charge in [0.1, 0.15) is 0 Å². The minimum atomic E-state index is -0.160. The molecule has 0 aliphatic heterocycles. The van der Waals surface area contributed by atoms with E-state index in [1.807, 2.05) is 0 Å². The average molecular weight is 393 g/mol. The fourth-order valence-corrected chi connectivity index (χ4v) is 6.81. The molecule has 0 radical (unpaired) electrons. The Bertz CT molecular complexity index is 533. The maximum absolute atomic E-state index is 10.6. The number of aliphatic hydroxyl groups excluding tert-OH is 2. The van der Waals surface area contributed by atoms with Gasteiger partial charge in [-0.2, -0.15) is 0 Å². The van der Waals surface area contributed by atoms with Crippen LogP contribution in [0.15, 0.2) is 11.6 Å². The quantitative estimate of drug-likeness (QED) is 0.522. The first-order valence-corrected chi connectivity index (χ1v) is 11.8. The van der Waals surface area contributed by atoms with E-state index in [1.165, 1.54) is 19.3 Å². The fraction of sp³-hybridized carbons (Fsp3) is 0.917. The third-order valence-electron chi connectivity index (χ3n) is 8.52. The molecule has 3 rings (SSSR count). The number of allylic oxidation sites excluding steroid dienone is 1. The summed E-state index contributed by atoms with van der Waals surface area (Å²) in [5, 5.41) is 24.0. The van der Waals surface area contributed by atoms with Gasteiger partial charge >= 0.3 is 0 Å². The second kappa shape index (κ2) is 9.59. The minimum absolute atomic E-state index is 0.144. The summed E-state index contributed by atoms with van der Waals surface area (Å²) in [5.41, 5.74) is 7.78. The second-order valence-electron chi connectivity index (χ2n) is 10.5. The lowest BCUT2D eigenvalue weighted by atomic mass is 9.54. The van der Waals surface area contributed by atoms with Crippen LogP contribution in [0.25, 0.3) is 0 Å². The van der Waals surface area contributed by atoms with Gasteiger partial charge in [0.15, 0.2) is 0 Å².